The summed E-state index contributed by atoms with van der Waals surface area (Å²) in [4.78, 5) is 15.2. The number of nitrogens with zero attached hydrogens (tertiary/aromatic N) is 4. The summed E-state index contributed by atoms with van der Waals surface area (Å²) in [6.07, 6.45) is 4.19. The number of aryl methyl sites for hydroxylation is 1. The normalized spacial score (nSPS) is 20.2. The monoisotopic (exact) mass is 488 g/mol. The molecule has 4 rings (SSSR count). The average Bonchev–Trinajstić information content (AvgIpc) is 3.15. The molecule has 1 aromatic carbocycles. The van der Waals surface area contributed by atoms with Gasteiger partial charge in [0.25, 0.3) is 0 Å². The minimum absolute atomic E-state index is 0.184. The maximum absolute atomic E-state index is 12.8. The van der Waals surface area contributed by atoms with Crippen LogP contribution in [0.25, 0.3) is 10.9 Å². The number of anilines is 3. The van der Waals surface area contributed by atoms with Crippen LogP contribution in [0.3, 0.4) is 0 Å². The lowest BCUT2D eigenvalue weighted by Gasteiger charge is -2.20. The van der Waals surface area contributed by atoms with Crippen LogP contribution in [0.4, 0.5) is 21.6 Å². The molecular formula is C23H29FN6O3S. The van der Waals surface area contributed by atoms with Crippen molar-refractivity contribution in [2.24, 2.45) is 0 Å². The first kappa shape index (κ1) is 24.1. The molecule has 0 radical (unpaired) electrons. The number of benzene rings is 1. The first-order valence-electron chi connectivity index (χ1n) is 10.8. The molecule has 1 fully saturated rings. The number of hydrogen-bond acceptors (Lipinski definition) is 8. The molecule has 182 valence electrons. The Labute approximate surface area is 198 Å². The molecule has 0 amide bonds. The lowest BCUT2D eigenvalue weighted by atomic mass is 10.1. The molecular weight excluding hydrogens is 459 g/mol. The Bertz CT molecular complexity index is 1270. The van der Waals surface area contributed by atoms with E-state index in [1.54, 1.807) is 25.6 Å². The molecule has 1 aliphatic rings. The van der Waals surface area contributed by atoms with Crippen molar-refractivity contribution >= 4 is 43.7 Å². The second-order valence-corrected chi connectivity index (χ2v) is 10.6. The Morgan fingerprint density at radius 1 is 1.26 bits per heavy atom. The van der Waals surface area contributed by atoms with Crippen LogP contribution in [0, 0.1) is 6.92 Å². The summed E-state index contributed by atoms with van der Waals surface area (Å²) >= 11 is 0. The minimum atomic E-state index is -2.42. The van der Waals surface area contributed by atoms with Gasteiger partial charge in [0.15, 0.2) is 0 Å². The zero-order valence-corrected chi connectivity index (χ0v) is 20.3. The van der Waals surface area contributed by atoms with E-state index < -0.39 is 16.4 Å². The highest BCUT2D eigenvalue weighted by Gasteiger charge is 2.35. The van der Waals surface area contributed by atoms with Crippen molar-refractivity contribution < 1.29 is 18.1 Å². The zero-order valence-electron chi connectivity index (χ0n) is 19.5. The number of ether oxygens (including phenoxy) is 2. The first-order chi connectivity index (χ1) is 16.3. The molecule has 0 aliphatic carbocycles. The SMILES string of the molecule is C=S(C)(=O)Nc1cc(C)c2c(Nc3cccnc3OC3CN(CCF)CC3OC)ncnc2c1. The number of nitrogens with one attached hydrogen (secondary N) is 2. The summed E-state index contributed by atoms with van der Waals surface area (Å²) in [6.45, 7) is 3.02. The summed E-state index contributed by atoms with van der Waals surface area (Å²) in [5, 5.41) is 4.14. The quantitative estimate of drug-likeness (QED) is 0.444. The van der Waals surface area contributed by atoms with Gasteiger partial charge in [0.2, 0.25) is 5.88 Å². The van der Waals surface area contributed by atoms with Crippen LogP contribution in [-0.4, -0.2) is 81.8 Å². The summed E-state index contributed by atoms with van der Waals surface area (Å²) in [5.74, 6) is 4.64. The number of rotatable bonds is 9. The molecule has 0 bridgehead atoms. The van der Waals surface area contributed by atoms with Gasteiger partial charge in [-0.15, -0.1) is 0 Å². The highest BCUT2D eigenvalue weighted by atomic mass is 32.2. The average molecular weight is 489 g/mol. The van der Waals surface area contributed by atoms with Crippen LogP contribution in [0.5, 0.6) is 5.88 Å². The number of aromatic nitrogens is 3. The first-order valence-corrected chi connectivity index (χ1v) is 13.0. The Hall–Kier alpha value is -3.02. The molecule has 34 heavy (non-hydrogen) atoms. The van der Waals surface area contributed by atoms with Gasteiger partial charge in [-0.3, -0.25) is 4.90 Å². The molecule has 9 nitrogen and oxygen atoms in total. The van der Waals surface area contributed by atoms with Crippen LogP contribution in [0.15, 0.2) is 36.8 Å². The van der Waals surface area contributed by atoms with Crippen LogP contribution in [-0.2, 0) is 14.4 Å². The smallest absolute Gasteiger partial charge is 0.238 e. The number of halogens is 1. The molecule has 2 N–H and O–H groups in total. The third-order valence-corrected chi connectivity index (χ3v) is 6.22. The van der Waals surface area contributed by atoms with E-state index in [9.17, 15) is 8.60 Å². The lowest BCUT2D eigenvalue weighted by Crippen LogP contribution is -2.32. The standard InChI is InChI=1S/C23H29FN6O3S/c1-15-10-16(29-34(3,4)31)11-18-21(15)22(27-14-26-18)28-17-6-5-8-25-23(17)33-20-13-30(9-7-24)12-19(20)32-2/h5-6,8,10-11,14,19-20H,3,7,9,12-13H2,1-2,4H3,(H,29,31)(H,26,27,28). The Morgan fingerprint density at radius 3 is 2.79 bits per heavy atom. The van der Waals surface area contributed by atoms with Gasteiger partial charge in [-0.2, -0.15) is 0 Å². The van der Waals surface area contributed by atoms with Gasteiger partial charge in [-0.1, -0.05) is 0 Å². The predicted octanol–water partition coefficient (Wildman–Crippen LogP) is 2.80. The van der Waals surface area contributed by atoms with E-state index >= 15 is 0 Å². The van der Waals surface area contributed by atoms with Gasteiger partial charge in [0.1, 0.15) is 36.7 Å². The third-order valence-electron chi connectivity index (χ3n) is 5.55. The van der Waals surface area contributed by atoms with E-state index in [1.807, 2.05) is 30.0 Å². The summed E-state index contributed by atoms with van der Waals surface area (Å²) in [6, 6.07) is 7.35. The zero-order chi connectivity index (χ0) is 24.3. The van der Waals surface area contributed by atoms with E-state index in [0.717, 1.165) is 10.9 Å². The molecule has 0 saturated carbocycles. The molecule has 3 atom stereocenters. The molecule has 3 unspecified atom stereocenters. The molecule has 11 heteroatoms. The minimum Gasteiger partial charge on any atom is -0.469 e. The van der Waals surface area contributed by atoms with Crippen molar-refractivity contribution in [1.29, 1.82) is 0 Å². The van der Waals surface area contributed by atoms with Crippen molar-refractivity contribution in [2.45, 2.75) is 19.1 Å². The number of alkyl halides is 1. The lowest BCUT2D eigenvalue weighted by molar-refractivity contribution is 0.0324. The van der Waals surface area contributed by atoms with Gasteiger partial charge < -0.3 is 19.5 Å². The van der Waals surface area contributed by atoms with Crippen molar-refractivity contribution in [1.82, 2.24) is 19.9 Å². The predicted molar refractivity (Wildman–Crippen MR) is 134 cm³/mol. The fourth-order valence-corrected chi connectivity index (χ4v) is 4.72. The second-order valence-electron chi connectivity index (χ2n) is 8.38. The van der Waals surface area contributed by atoms with Gasteiger partial charge in [-0.05, 0) is 42.6 Å². The maximum atomic E-state index is 12.8. The maximum Gasteiger partial charge on any atom is 0.238 e. The van der Waals surface area contributed by atoms with E-state index in [-0.39, 0.29) is 12.2 Å². The van der Waals surface area contributed by atoms with Crippen LogP contribution >= 0.6 is 0 Å². The van der Waals surface area contributed by atoms with E-state index in [2.05, 4.69) is 30.9 Å². The highest BCUT2D eigenvalue weighted by Crippen LogP contribution is 2.32. The number of likely N-dealkylation sites (tertiary alicyclic amines) is 1. The second kappa shape index (κ2) is 10.1. The molecule has 3 heterocycles. The molecule has 2 aromatic heterocycles. The van der Waals surface area contributed by atoms with Crippen molar-refractivity contribution in [3.05, 3.63) is 42.4 Å². The highest BCUT2D eigenvalue weighted by molar-refractivity contribution is 8.00. The number of hydrogen-bond donors (Lipinski definition) is 2. The van der Waals surface area contributed by atoms with Crippen molar-refractivity contribution in [3.63, 3.8) is 0 Å². The largest absolute Gasteiger partial charge is 0.469 e. The van der Waals surface area contributed by atoms with E-state index in [1.165, 1.54) is 6.33 Å². The molecule has 1 aliphatic heterocycles. The van der Waals surface area contributed by atoms with Gasteiger partial charge in [0.05, 0.1) is 5.52 Å². The summed E-state index contributed by atoms with van der Waals surface area (Å²) in [5.41, 5.74) is 2.90. The van der Waals surface area contributed by atoms with Crippen LogP contribution in [0.2, 0.25) is 0 Å². The van der Waals surface area contributed by atoms with Crippen LogP contribution in [0.1, 0.15) is 5.56 Å². The van der Waals surface area contributed by atoms with Crippen LogP contribution < -0.4 is 14.8 Å². The Balaban J connectivity index is 1.62. The fourth-order valence-electron chi connectivity index (χ4n) is 4.11. The van der Waals surface area contributed by atoms with Gasteiger partial charge in [-0.25, -0.2) is 23.6 Å². The van der Waals surface area contributed by atoms with E-state index in [0.29, 0.717) is 48.2 Å². The van der Waals surface area contributed by atoms with E-state index in [4.69, 9.17) is 9.47 Å². The Morgan fingerprint density at radius 2 is 2.06 bits per heavy atom. The molecule has 3 aromatic rings. The molecule has 0 spiro atoms. The summed E-state index contributed by atoms with van der Waals surface area (Å²) in [7, 11) is -0.794. The number of pyridine rings is 1. The topological polar surface area (TPSA) is 102 Å². The number of fused-ring (bicyclic) bond motifs is 1. The fraction of sp³-hybridized carbons (Fsp3) is 0.391. The van der Waals surface area contributed by atoms with Crippen molar-refractivity contribution in [2.75, 3.05) is 49.7 Å². The molecule has 1 saturated heterocycles. The number of methoxy groups -OCH3 is 1. The van der Waals surface area contributed by atoms with Gasteiger partial charge >= 0.3 is 0 Å². The third kappa shape index (κ3) is 5.54. The summed E-state index contributed by atoms with van der Waals surface area (Å²) < 4.78 is 39.6. The van der Waals surface area contributed by atoms with Crippen molar-refractivity contribution in [3.8, 4) is 5.88 Å². The van der Waals surface area contributed by atoms with Gasteiger partial charge in [0, 0.05) is 60.0 Å². The Kier molecular flexibility index (Phi) is 7.15.